The highest BCUT2D eigenvalue weighted by atomic mass is 14.5. The first kappa shape index (κ1) is 16.9. The van der Waals surface area contributed by atoms with Gasteiger partial charge in [-0.05, 0) is 104 Å². The molecule has 0 heterocycles. The van der Waals surface area contributed by atoms with Gasteiger partial charge in [-0.1, -0.05) is 49.2 Å². The molecule has 0 radical (unpaired) electrons. The summed E-state index contributed by atoms with van der Waals surface area (Å²) in [4.78, 5) is 0. The lowest BCUT2D eigenvalue weighted by molar-refractivity contribution is 0.136. The van der Waals surface area contributed by atoms with Crippen molar-refractivity contribution >= 4 is 0 Å². The van der Waals surface area contributed by atoms with E-state index in [2.05, 4.69) is 65.0 Å². The van der Waals surface area contributed by atoms with E-state index in [0.29, 0.717) is 5.41 Å². The summed E-state index contributed by atoms with van der Waals surface area (Å²) in [5.74, 6) is 1.61. The molecular weight excluding hydrogens is 300 g/mol. The summed E-state index contributed by atoms with van der Waals surface area (Å²) in [6.07, 6.45) is 6.75. The van der Waals surface area contributed by atoms with Gasteiger partial charge in [0.25, 0.3) is 0 Å². The van der Waals surface area contributed by atoms with E-state index in [1.165, 1.54) is 54.4 Å². The first-order chi connectivity index (χ1) is 11.9. The van der Waals surface area contributed by atoms with Gasteiger partial charge in [0.15, 0.2) is 0 Å². The van der Waals surface area contributed by atoms with Crippen LogP contribution in [0, 0.1) is 39.5 Å². The van der Waals surface area contributed by atoms with Crippen molar-refractivity contribution in [2.45, 2.75) is 72.1 Å². The third kappa shape index (κ3) is 2.57. The lowest BCUT2D eigenvalue weighted by Gasteiger charge is -2.45. The molecule has 0 bridgehead atoms. The Morgan fingerprint density at radius 2 is 1.64 bits per heavy atom. The molecule has 132 valence electrons. The average molecular weight is 333 g/mol. The quantitative estimate of drug-likeness (QED) is 0.597. The van der Waals surface area contributed by atoms with Crippen LogP contribution in [0.15, 0.2) is 30.3 Å². The van der Waals surface area contributed by atoms with Crippen molar-refractivity contribution in [3.05, 3.63) is 69.3 Å². The lowest BCUT2D eigenvalue weighted by Crippen LogP contribution is -2.41. The van der Waals surface area contributed by atoms with Crippen molar-refractivity contribution in [3.63, 3.8) is 0 Å². The van der Waals surface area contributed by atoms with Gasteiger partial charge in [-0.2, -0.15) is 0 Å². The topological polar surface area (TPSA) is 0 Å². The number of rotatable bonds is 2. The maximum absolute atomic E-state index is 2.60. The van der Waals surface area contributed by atoms with E-state index in [1.807, 2.05) is 0 Å². The number of aryl methyl sites for hydroxylation is 4. The summed E-state index contributed by atoms with van der Waals surface area (Å²) in [6, 6.07) is 11.7. The molecule has 0 spiro atoms. The fourth-order valence-electron chi connectivity index (χ4n) is 5.99. The lowest BCUT2D eigenvalue weighted by atomic mass is 9.59. The Morgan fingerprint density at radius 3 is 2.44 bits per heavy atom. The van der Waals surface area contributed by atoms with Gasteiger partial charge >= 0.3 is 0 Å². The van der Waals surface area contributed by atoms with Crippen molar-refractivity contribution < 1.29 is 0 Å². The molecule has 0 N–H and O–H groups in total. The zero-order valence-electron chi connectivity index (χ0n) is 16.6. The van der Waals surface area contributed by atoms with Crippen molar-refractivity contribution in [1.29, 1.82) is 0 Å². The normalized spacial score (nSPS) is 27.9. The summed E-state index contributed by atoms with van der Waals surface area (Å²) in [7, 11) is 0. The van der Waals surface area contributed by atoms with Crippen LogP contribution in [-0.4, -0.2) is 0 Å². The second-order valence-electron chi connectivity index (χ2n) is 9.00. The van der Waals surface area contributed by atoms with Crippen molar-refractivity contribution in [3.8, 4) is 0 Å². The number of fused-ring (bicyclic) bond motifs is 3. The summed E-state index contributed by atoms with van der Waals surface area (Å²) >= 11 is 0. The Balaban J connectivity index is 1.78. The van der Waals surface area contributed by atoms with E-state index in [1.54, 1.807) is 16.7 Å². The van der Waals surface area contributed by atoms with Crippen LogP contribution in [0.1, 0.15) is 65.1 Å². The van der Waals surface area contributed by atoms with Crippen LogP contribution in [0.25, 0.3) is 0 Å². The van der Waals surface area contributed by atoms with E-state index in [0.717, 1.165) is 11.8 Å². The van der Waals surface area contributed by atoms with Crippen LogP contribution in [-0.2, 0) is 18.3 Å². The predicted octanol–water partition coefficient (Wildman–Crippen LogP) is 6.39. The Labute approximate surface area is 153 Å². The third-order valence-corrected chi connectivity index (χ3v) is 7.52. The summed E-state index contributed by atoms with van der Waals surface area (Å²) in [5, 5.41) is 0. The van der Waals surface area contributed by atoms with Crippen molar-refractivity contribution in [1.82, 2.24) is 0 Å². The van der Waals surface area contributed by atoms with Gasteiger partial charge in [0.1, 0.15) is 0 Å². The van der Waals surface area contributed by atoms with Gasteiger partial charge < -0.3 is 0 Å². The Kier molecular flexibility index (Phi) is 4.06. The molecule has 0 nitrogen and oxygen atoms in total. The molecule has 0 aromatic heterocycles. The molecular formula is C25H32. The highest BCUT2D eigenvalue weighted by molar-refractivity contribution is 5.50. The zero-order chi connectivity index (χ0) is 17.8. The van der Waals surface area contributed by atoms with Gasteiger partial charge in [-0.3, -0.25) is 0 Å². The molecule has 0 aliphatic heterocycles. The van der Waals surface area contributed by atoms with Gasteiger partial charge in [-0.15, -0.1) is 0 Å². The maximum Gasteiger partial charge on any atom is -0.000704 e. The van der Waals surface area contributed by atoms with Crippen LogP contribution in [0.4, 0.5) is 0 Å². The Bertz CT molecular complexity index is 813. The average Bonchev–Trinajstić information content (AvgIpc) is 2.90. The summed E-state index contributed by atoms with van der Waals surface area (Å²) in [6.45, 7) is 11.8. The highest BCUT2D eigenvalue weighted by Gasteiger charge is 2.50. The van der Waals surface area contributed by atoms with Gasteiger partial charge in [0, 0.05) is 0 Å². The Morgan fingerprint density at radius 1 is 0.920 bits per heavy atom. The highest BCUT2D eigenvalue weighted by Crippen LogP contribution is 2.56. The number of hydrogen-bond acceptors (Lipinski definition) is 0. The third-order valence-electron chi connectivity index (χ3n) is 7.52. The molecule has 4 rings (SSSR count). The van der Waals surface area contributed by atoms with E-state index in [9.17, 15) is 0 Å². The fourth-order valence-corrected chi connectivity index (χ4v) is 5.99. The predicted molar refractivity (Wildman–Crippen MR) is 107 cm³/mol. The monoisotopic (exact) mass is 332 g/mol. The minimum atomic E-state index is 0.361. The molecule has 25 heavy (non-hydrogen) atoms. The van der Waals surface area contributed by atoms with Crippen molar-refractivity contribution in [2.24, 2.45) is 11.8 Å². The summed E-state index contributed by atoms with van der Waals surface area (Å²) < 4.78 is 0. The molecule has 0 amide bonds. The molecule has 3 atom stereocenters. The molecule has 1 saturated carbocycles. The van der Waals surface area contributed by atoms with Crippen LogP contribution >= 0.6 is 0 Å². The minimum absolute atomic E-state index is 0.361. The SMILES string of the molecule is Cc1ccc(C)c(C[C@@H]2CCCC3Cc4c(C)ccc(C)c4[C@]32C)c1. The second kappa shape index (κ2) is 6.01. The molecule has 2 aliphatic rings. The van der Waals surface area contributed by atoms with Crippen LogP contribution in [0.5, 0.6) is 0 Å². The Hall–Kier alpha value is -1.56. The van der Waals surface area contributed by atoms with Gasteiger partial charge in [-0.25, -0.2) is 0 Å². The van der Waals surface area contributed by atoms with E-state index < -0.39 is 0 Å². The first-order valence-electron chi connectivity index (χ1n) is 10.1. The molecule has 2 aromatic rings. The zero-order valence-corrected chi connectivity index (χ0v) is 16.6. The molecule has 0 heteroatoms. The second-order valence-corrected chi connectivity index (χ2v) is 9.00. The number of hydrogen-bond donors (Lipinski definition) is 0. The van der Waals surface area contributed by atoms with Crippen LogP contribution < -0.4 is 0 Å². The minimum Gasteiger partial charge on any atom is -0.0590 e. The van der Waals surface area contributed by atoms with E-state index >= 15 is 0 Å². The van der Waals surface area contributed by atoms with Crippen LogP contribution in [0.2, 0.25) is 0 Å². The molecule has 1 unspecified atom stereocenters. The van der Waals surface area contributed by atoms with E-state index in [4.69, 9.17) is 0 Å². The fraction of sp³-hybridized carbons (Fsp3) is 0.520. The largest absolute Gasteiger partial charge is 0.0590 e. The summed E-state index contributed by atoms with van der Waals surface area (Å²) in [5.41, 5.74) is 11.2. The van der Waals surface area contributed by atoms with Crippen molar-refractivity contribution in [2.75, 3.05) is 0 Å². The van der Waals surface area contributed by atoms with E-state index in [-0.39, 0.29) is 0 Å². The van der Waals surface area contributed by atoms with Gasteiger partial charge in [0.05, 0.1) is 0 Å². The molecule has 0 saturated heterocycles. The molecule has 2 aliphatic carbocycles. The molecule has 2 aromatic carbocycles. The standard InChI is InChI=1S/C25H32/c1-16-9-10-17(2)20(13-16)14-21-7-6-8-22-15-23-18(3)11-12-19(4)24(23)25(21,22)5/h9-13,21-22H,6-8,14-15H2,1-5H3/t21-,22?,25-/m0/s1. The van der Waals surface area contributed by atoms with Gasteiger partial charge in [0.2, 0.25) is 0 Å². The first-order valence-corrected chi connectivity index (χ1v) is 10.1. The molecule has 1 fully saturated rings. The van der Waals surface area contributed by atoms with Crippen LogP contribution in [0.3, 0.4) is 0 Å². The number of benzene rings is 2. The maximum atomic E-state index is 2.60. The smallest absolute Gasteiger partial charge is 0.000704 e.